The zero-order chi connectivity index (χ0) is 14.4. The Balaban J connectivity index is 2.39. The van der Waals surface area contributed by atoms with Crippen molar-refractivity contribution in [3.63, 3.8) is 0 Å². The SMILES string of the molecule is C=CC=C(c1ccc(OC)cc1)c1ccc(OC)cc1. The molecule has 2 rings (SSSR count). The van der Waals surface area contributed by atoms with Crippen LogP contribution in [0.5, 0.6) is 11.5 Å². The Labute approximate surface area is 120 Å². The second kappa shape index (κ2) is 6.62. The maximum Gasteiger partial charge on any atom is 0.118 e. The molecule has 2 nitrogen and oxygen atoms in total. The number of methoxy groups -OCH3 is 2. The lowest BCUT2D eigenvalue weighted by Gasteiger charge is -2.09. The van der Waals surface area contributed by atoms with E-state index < -0.39 is 0 Å². The van der Waals surface area contributed by atoms with Gasteiger partial charge < -0.3 is 9.47 Å². The highest BCUT2D eigenvalue weighted by Gasteiger charge is 2.05. The molecular weight excluding hydrogens is 248 g/mol. The zero-order valence-corrected chi connectivity index (χ0v) is 11.8. The van der Waals surface area contributed by atoms with Crippen molar-refractivity contribution >= 4 is 5.57 Å². The highest BCUT2D eigenvalue weighted by Crippen LogP contribution is 2.26. The van der Waals surface area contributed by atoms with Crippen LogP contribution in [0.4, 0.5) is 0 Å². The summed E-state index contributed by atoms with van der Waals surface area (Å²) in [5.74, 6) is 1.70. The Kier molecular flexibility index (Phi) is 4.61. The molecule has 0 atom stereocenters. The Morgan fingerprint density at radius 2 is 1.20 bits per heavy atom. The molecule has 0 radical (unpaired) electrons. The third-order valence-electron chi connectivity index (χ3n) is 3.09. The summed E-state index contributed by atoms with van der Waals surface area (Å²) in [6.45, 7) is 3.79. The van der Waals surface area contributed by atoms with E-state index in [2.05, 4.69) is 6.58 Å². The fourth-order valence-electron chi connectivity index (χ4n) is 2.02. The van der Waals surface area contributed by atoms with Crippen molar-refractivity contribution in [1.82, 2.24) is 0 Å². The first-order chi connectivity index (χ1) is 9.78. The molecule has 0 spiro atoms. The normalized spacial score (nSPS) is 9.70. The largest absolute Gasteiger partial charge is 0.497 e. The molecule has 0 aliphatic carbocycles. The van der Waals surface area contributed by atoms with Gasteiger partial charge in [0.05, 0.1) is 14.2 Å². The minimum absolute atomic E-state index is 0.849. The van der Waals surface area contributed by atoms with E-state index in [9.17, 15) is 0 Å². The van der Waals surface area contributed by atoms with E-state index in [0.717, 1.165) is 28.2 Å². The lowest BCUT2D eigenvalue weighted by atomic mass is 9.97. The summed E-state index contributed by atoms with van der Waals surface area (Å²) in [5.41, 5.74) is 3.36. The molecular formula is C18H18O2. The monoisotopic (exact) mass is 266 g/mol. The molecule has 0 amide bonds. The Bertz CT molecular complexity index is 543. The summed E-state index contributed by atoms with van der Waals surface area (Å²) in [5, 5.41) is 0. The summed E-state index contributed by atoms with van der Waals surface area (Å²) < 4.78 is 10.4. The minimum atomic E-state index is 0.849. The van der Waals surface area contributed by atoms with E-state index in [0.29, 0.717) is 0 Å². The number of hydrogen-bond acceptors (Lipinski definition) is 2. The lowest BCUT2D eigenvalue weighted by Crippen LogP contribution is -1.90. The van der Waals surface area contributed by atoms with Gasteiger partial charge in [0.25, 0.3) is 0 Å². The van der Waals surface area contributed by atoms with Crippen LogP contribution < -0.4 is 9.47 Å². The summed E-state index contributed by atoms with van der Waals surface area (Å²) in [6, 6.07) is 16.0. The molecule has 0 saturated heterocycles. The van der Waals surface area contributed by atoms with Crippen molar-refractivity contribution in [3.05, 3.63) is 78.4 Å². The topological polar surface area (TPSA) is 18.5 Å². The van der Waals surface area contributed by atoms with Crippen LogP contribution in [0.3, 0.4) is 0 Å². The van der Waals surface area contributed by atoms with Crippen LogP contribution in [-0.4, -0.2) is 14.2 Å². The fraction of sp³-hybridized carbons (Fsp3) is 0.111. The van der Waals surface area contributed by atoms with Crippen LogP contribution >= 0.6 is 0 Å². The first-order valence-corrected chi connectivity index (χ1v) is 6.40. The lowest BCUT2D eigenvalue weighted by molar-refractivity contribution is 0.414. The van der Waals surface area contributed by atoms with Crippen molar-refractivity contribution in [1.29, 1.82) is 0 Å². The van der Waals surface area contributed by atoms with Crippen molar-refractivity contribution in [2.45, 2.75) is 0 Å². The molecule has 2 aromatic rings. The van der Waals surface area contributed by atoms with Crippen molar-refractivity contribution in [2.75, 3.05) is 14.2 Å². The van der Waals surface area contributed by atoms with E-state index in [4.69, 9.17) is 9.47 Å². The molecule has 20 heavy (non-hydrogen) atoms. The molecule has 0 heterocycles. The fourth-order valence-corrected chi connectivity index (χ4v) is 2.02. The quantitative estimate of drug-likeness (QED) is 0.750. The van der Waals surface area contributed by atoms with Gasteiger partial charge in [-0.25, -0.2) is 0 Å². The summed E-state index contributed by atoms with van der Waals surface area (Å²) in [7, 11) is 3.33. The molecule has 0 aliphatic rings. The van der Waals surface area contributed by atoms with Gasteiger partial charge in [0.2, 0.25) is 0 Å². The van der Waals surface area contributed by atoms with Crippen LogP contribution in [0.15, 0.2) is 67.3 Å². The third kappa shape index (κ3) is 3.09. The molecule has 0 bridgehead atoms. The van der Waals surface area contributed by atoms with Gasteiger partial charge in [-0.1, -0.05) is 43.0 Å². The van der Waals surface area contributed by atoms with E-state index in [1.54, 1.807) is 20.3 Å². The first kappa shape index (κ1) is 13.9. The van der Waals surface area contributed by atoms with Gasteiger partial charge in [-0.05, 0) is 41.0 Å². The molecule has 2 aromatic carbocycles. The average Bonchev–Trinajstić information content (AvgIpc) is 2.53. The minimum Gasteiger partial charge on any atom is -0.497 e. The number of rotatable bonds is 5. The van der Waals surface area contributed by atoms with Crippen LogP contribution in [0, 0.1) is 0 Å². The number of allylic oxidation sites excluding steroid dienone is 2. The van der Waals surface area contributed by atoms with E-state index in [-0.39, 0.29) is 0 Å². The van der Waals surface area contributed by atoms with Gasteiger partial charge in [0.1, 0.15) is 11.5 Å². The maximum atomic E-state index is 5.19. The summed E-state index contributed by atoms with van der Waals surface area (Å²) >= 11 is 0. The molecule has 102 valence electrons. The van der Waals surface area contributed by atoms with E-state index in [1.807, 2.05) is 54.6 Å². The Hall–Kier alpha value is -2.48. The smallest absolute Gasteiger partial charge is 0.118 e. The molecule has 0 aliphatic heterocycles. The maximum absolute atomic E-state index is 5.19. The molecule has 0 fully saturated rings. The van der Waals surface area contributed by atoms with Gasteiger partial charge in [0.15, 0.2) is 0 Å². The van der Waals surface area contributed by atoms with Gasteiger partial charge >= 0.3 is 0 Å². The van der Waals surface area contributed by atoms with Gasteiger partial charge in [-0.2, -0.15) is 0 Å². The van der Waals surface area contributed by atoms with Crippen molar-refractivity contribution in [2.24, 2.45) is 0 Å². The molecule has 2 heteroatoms. The van der Waals surface area contributed by atoms with Crippen LogP contribution in [0.2, 0.25) is 0 Å². The first-order valence-electron chi connectivity index (χ1n) is 6.40. The number of benzene rings is 2. The zero-order valence-electron chi connectivity index (χ0n) is 11.8. The molecule has 0 unspecified atom stereocenters. The predicted molar refractivity (Wildman–Crippen MR) is 83.3 cm³/mol. The highest BCUT2D eigenvalue weighted by molar-refractivity contribution is 5.81. The third-order valence-corrected chi connectivity index (χ3v) is 3.09. The highest BCUT2D eigenvalue weighted by atomic mass is 16.5. The van der Waals surface area contributed by atoms with Crippen LogP contribution in [0.1, 0.15) is 11.1 Å². The van der Waals surface area contributed by atoms with E-state index in [1.165, 1.54) is 0 Å². The molecule has 0 aromatic heterocycles. The van der Waals surface area contributed by atoms with Crippen molar-refractivity contribution < 1.29 is 9.47 Å². The Morgan fingerprint density at radius 1 is 0.800 bits per heavy atom. The summed E-state index contributed by atoms with van der Waals surface area (Å²) in [6.07, 6.45) is 3.80. The van der Waals surface area contributed by atoms with Crippen LogP contribution in [-0.2, 0) is 0 Å². The number of hydrogen-bond donors (Lipinski definition) is 0. The van der Waals surface area contributed by atoms with Crippen LogP contribution in [0.25, 0.3) is 5.57 Å². The van der Waals surface area contributed by atoms with Gasteiger partial charge in [-0.3, -0.25) is 0 Å². The van der Waals surface area contributed by atoms with Crippen molar-refractivity contribution in [3.8, 4) is 11.5 Å². The number of ether oxygens (including phenoxy) is 2. The molecule has 0 saturated carbocycles. The average molecular weight is 266 g/mol. The second-order valence-corrected chi connectivity index (χ2v) is 4.27. The molecule has 0 N–H and O–H groups in total. The van der Waals surface area contributed by atoms with Gasteiger partial charge in [0, 0.05) is 0 Å². The standard InChI is InChI=1S/C18H18O2/c1-4-5-18(14-6-10-16(19-2)11-7-14)15-8-12-17(20-3)13-9-15/h4-13H,1H2,2-3H3. The second-order valence-electron chi connectivity index (χ2n) is 4.27. The Morgan fingerprint density at radius 3 is 1.50 bits per heavy atom. The summed E-state index contributed by atoms with van der Waals surface area (Å²) in [4.78, 5) is 0. The predicted octanol–water partition coefficient (Wildman–Crippen LogP) is 4.32. The van der Waals surface area contributed by atoms with E-state index >= 15 is 0 Å². The van der Waals surface area contributed by atoms with Gasteiger partial charge in [-0.15, -0.1) is 0 Å².